The van der Waals surface area contributed by atoms with E-state index in [0.717, 1.165) is 0 Å². The molecule has 0 radical (unpaired) electrons. The minimum Gasteiger partial charge on any atom is -0.367 e. The van der Waals surface area contributed by atoms with Gasteiger partial charge >= 0.3 is 0 Å². The normalized spacial score (nSPS) is 10.8. The first kappa shape index (κ1) is 9.07. The van der Waals surface area contributed by atoms with Crippen molar-refractivity contribution in [1.82, 2.24) is 4.98 Å². The minimum absolute atomic E-state index is 0.607. The van der Waals surface area contributed by atoms with Gasteiger partial charge < -0.3 is 4.98 Å². The smallest absolute Gasteiger partial charge is 0.00841 e. The van der Waals surface area contributed by atoms with Crippen LogP contribution in [0.25, 0.3) is 11.1 Å². The molecule has 1 heterocycles. The largest absolute Gasteiger partial charge is 0.367 e. The van der Waals surface area contributed by atoms with Crippen LogP contribution in [-0.4, -0.2) is 4.98 Å². The maximum absolute atomic E-state index is 3.07. The summed E-state index contributed by atoms with van der Waals surface area (Å²) in [7, 11) is 0. The van der Waals surface area contributed by atoms with E-state index in [9.17, 15) is 0 Å². The van der Waals surface area contributed by atoms with Gasteiger partial charge in [-0.15, -0.1) is 0 Å². The third kappa shape index (κ3) is 1.72. The van der Waals surface area contributed by atoms with Gasteiger partial charge in [0.05, 0.1) is 0 Å². The summed E-state index contributed by atoms with van der Waals surface area (Å²) in [5.74, 6) is 0.607. The van der Waals surface area contributed by atoms with E-state index in [0.29, 0.717) is 5.92 Å². The fourth-order valence-electron chi connectivity index (χ4n) is 1.56. The number of rotatable bonds is 2. The number of benzene rings is 1. The number of aromatic nitrogens is 1. The monoisotopic (exact) mass is 185 g/mol. The van der Waals surface area contributed by atoms with E-state index in [1.165, 1.54) is 16.7 Å². The van der Waals surface area contributed by atoms with Crippen molar-refractivity contribution in [2.75, 3.05) is 0 Å². The van der Waals surface area contributed by atoms with Crippen LogP contribution in [0.2, 0.25) is 0 Å². The molecule has 0 aliphatic rings. The third-order valence-corrected chi connectivity index (χ3v) is 2.51. The quantitative estimate of drug-likeness (QED) is 0.732. The lowest BCUT2D eigenvalue weighted by Gasteiger charge is -2.05. The van der Waals surface area contributed by atoms with Crippen LogP contribution in [-0.2, 0) is 0 Å². The SMILES string of the molecule is CC(C)c1ccc(-c2cc[nH]c2)cc1. The molecular formula is C13H15N. The topological polar surface area (TPSA) is 15.8 Å². The van der Waals surface area contributed by atoms with Crippen molar-refractivity contribution in [3.63, 3.8) is 0 Å². The van der Waals surface area contributed by atoms with Crippen molar-refractivity contribution < 1.29 is 0 Å². The van der Waals surface area contributed by atoms with Crippen molar-refractivity contribution in [3.8, 4) is 11.1 Å². The van der Waals surface area contributed by atoms with Crippen LogP contribution < -0.4 is 0 Å². The highest BCUT2D eigenvalue weighted by atomic mass is 14.6. The highest BCUT2D eigenvalue weighted by Gasteiger charge is 2.00. The third-order valence-electron chi connectivity index (χ3n) is 2.51. The lowest BCUT2D eigenvalue weighted by molar-refractivity contribution is 0.867. The predicted molar refractivity (Wildman–Crippen MR) is 60.3 cm³/mol. The maximum atomic E-state index is 3.07. The summed E-state index contributed by atoms with van der Waals surface area (Å²) in [5, 5.41) is 0. The molecule has 0 aliphatic heterocycles. The Kier molecular flexibility index (Phi) is 2.40. The standard InChI is InChI=1S/C13H15N/c1-10(2)11-3-5-12(6-4-11)13-7-8-14-9-13/h3-10,14H,1-2H3. The van der Waals surface area contributed by atoms with Crippen LogP contribution in [0, 0.1) is 0 Å². The van der Waals surface area contributed by atoms with Gasteiger partial charge in [0, 0.05) is 12.4 Å². The van der Waals surface area contributed by atoms with Crippen molar-refractivity contribution in [1.29, 1.82) is 0 Å². The van der Waals surface area contributed by atoms with E-state index < -0.39 is 0 Å². The van der Waals surface area contributed by atoms with E-state index in [1.807, 2.05) is 12.4 Å². The highest BCUT2D eigenvalue weighted by Crippen LogP contribution is 2.21. The molecule has 0 aliphatic carbocycles. The summed E-state index contributed by atoms with van der Waals surface area (Å²) in [6, 6.07) is 10.8. The number of hydrogen-bond acceptors (Lipinski definition) is 0. The minimum atomic E-state index is 0.607. The van der Waals surface area contributed by atoms with Gasteiger partial charge in [0.2, 0.25) is 0 Å². The van der Waals surface area contributed by atoms with Gasteiger partial charge in [0.25, 0.3) is 0 Å². The average Bonchev–Trinajstić information content (AvgIpc) is 2.71. The van der Waals surface area contributed by atoms with Gasteiger partial charge in [0.1, 0.15) is 0 Å². The second-order valence-electron chi connectivity index (χ2n) is 3.88. The van der Waals surface area contributed by atoms with Gasteiger partial charge in [-0.1, -0.05) is 38.1 Å². The zero-order valence-electron chi connectivity index (χ0n) is 8.62. The van der Waals surface area contributed by atoms with Crippen molar-refractivity contribution >= 4 is 0 Å². The Hall–Kier alpha value is -1.50. The molecule has 2 aromatic rings. The Balaban J connectivity index is 2.31. The second kappa shape index (κ2) is 3.70. The van der Waals surface area contributed by atoms with Gasteiger partial charge in [-0.2, -0.15) is 0 Å². The molecule has 0 saturated heterocycles. The fourth-order valence-corrected chi connectivity index (χ4v) is 1.56. The molecule has 0 bridgehead atoms. The Morgan fingerprint density at radius 2 is 1.64 bits per heavy atom. The molecule has 1 heteroatoms. The Labute approximate surface area is 84.8 Å². The van der Waals surface area contributed by atoms with E-state index in [2.05, 4.69) is 49.2 Å². The summed E-state index contributed by atoms with van der Waals surface area (Å²) in [6.45, 7) is 4.43. The first-order valence-corrected chi connectivity index (χ1v) is 5.00. The Bertz CT molecular complexity index is 382. The molecule has 1 nitrogen and oxygen atoms in total. The molecule has 2 rings (SSSR count). The number of hydrogen-bond donors (Lipinski definition) is 1. The molecule has 14 heavy (non-hydrogen) atoms. The second-order valence-corrected chi connectivity index (χ2v) is 3.88. The molecule has 72 valence electrons. The van der Waals surface area contributed by atoms with Gasteiger partial charge in [-0.3, -0.25) is 0 Å². The molecular weight excluding hydrogens is 170 g/mol. The van der Waals surface area contributed by atoms with Crippen molar-refractivity contribution in [2.24, 2.45) is 0 Å². The summed E-state index contributed by atoms with van der Waals surface area (Å²) >= 11 is 0. The molecule has 1 aromatic heterocycles. The van der Waals surface area contributed by atoms with Gasteiger partial charge in [-0.25, -0.2) is 0 Å². The number of aromatic amines is 1. The number of H-pyrrole nitrogens is 1. The summed E-state index contributed by atoms with van der Waals surface area (Å²) in [4.78, 5) is 3.07. The van der Waals surface area contributed by atoms with Crippen LogP contribution in [0.1, 0.15) is 25.3 Å². The molecule has 1 aromatic carbocycles. The molecule has 0 fully saturated rings. The number of nitrogens with one attached hydrogen (secondary N) is 1. The summed E-state index contributed by atoms with van der Waals surface area (Å²) < 4.78 is 0. The average molecular weight is 185 g/mol. The Morgan fingerprint density at radius 1 is 0.929 bits per heavy atom. The van der Waals surface area contributed by atoms with Crippen LogP contribution in [0.3, 0.4) is 0 Å². The maximum Gasteiger partial charge on any atom is 0.00841 e. The van der Waals surface area contributed by atoms with E-state index in [4.69, 9.17) is 0 Å². The van der Waals surface area contributed by atoms with Crippen LogP contribution in [0.15, 0.2) is 42.7 Å². The molecule has 0 amide bonds. The van der Waals surface area contributed by atoms with Crippen molar-refractivity contribution in [2.45, 2.75) is 19.8 Å². The zero-order chi connectivity index (χ0) is 9.97. The molecule has 0 atom stereocenters. The summed E-state index contributed by atoms with van der Waals surface area (Å²) in [5.41, 5.74) is 3.92. The lowest BCUT2D eigenvalue weighted by atomic mass is 10.00. The van der Waals surface area contributed by atoms with Gasteiger partial charge in [-0.05, 0) is 28.7 Å². The van der Waals surface area contributed by atoms with Crippen LogP contribution in [0.4, 0.5) is 0 Å². The molecule has 0 unspecified atom stereocenters. The van der Waals surface area contributed by atoms with E-state index in [1.54, 1.807) is 0 Å². The first-order chi connectivity index (χ1) is 6.77. The lowest BCUT2D eigenvalue weighted by Crippen LogP contribution is -1.85. The molecule has 1 N–H and O–H groups in total. The van der Waals surface area contributed by atoms with E-state index in [-0.39, 0.29) is 0 Å². The molecule has 0 saturated carbocycles. The first-order valence-electron chi connectivity index (χ1n) is 5.00. The van der Waals surface area contributed by atoms with Gasteiger partial charge in [0.15, 0.2) is 0 Å². The van der Waals surface area contributed by atoms with Crippen molar-refractivity contribution in [3.05, 3.63) is 48.3 Å². The van der Waals surface area contributed by atoms with E-state index >= 15 is 0 Å². The van der Waals surface area contributed by atoms with Crippen LogP contribution >= 0.6 is 0 Å². The van der Waals surface area contributed by atoms with Crippen LogP contribution in [0.5, 0.6) is 0 Å². The Morgan fingerprint density at radius 3 is 2.14 bits per heavy atom. The highest BCUT2D eigenvalue weighted by molar-refractivity contribution is 5.62. The summed E-state index contributed by atoms with van der Waals surface area (Å²) in [6.07, 6.45) is 3.97. The fraction of sp³-hybridized carbons (Fsp3) is 0.231. The predicted octanol–water partition coefficient (Wildman–Crippen LogP) is 3.81. The zero-order valence-corrected chi connectivity index (χ0v) is 8.62. The molecule has 0 spiro atoms.